The first kappa shape index (κ1) is 24.9. The predicted octanol–water partition coefficient (Wildman–Crippen LogP) is 4.20. The Morgan fingerprint density at radius 1 is 1.00 bits per heavy atom. The fraction of sp³-hybridized carbons (Fsp3) is 0.464. The molecule has 0 amide bonds. The lowest BCUT2D eigenvalue weighted by Crippen LogP contribution is -2.50. The van der Waals surface area contributed by atoms with Crippen LogP contribution in [-0.4, -0.2) is 76.9 Å². The Kier molecular flexibility index (Phi) is 7.65. The second-order valence-electron chi connectivity index (χ2n) is 9.93. The molecule has 7 nitrogen and oxygen atoms in total. The average Bonchev–Trinajstić information content (AvgIpc) is 3.28. The van der Waals surface area contributed by atoms with Gasteiger partial charge in [-0.2, -0.15) is 0 Å². The van der Waals surface area contributed by atoms with Crippen LogP contribution in [0.5, 0.6) is 11.5 Å². The van der Waals surface area contributed by atoms with Crippen molar-refractivity contribution in [2.45, 2.75) is 38.6 Å². The summed E-state index contributed by atoms with van der Waals surface area (Å²) < 4.78 is 0. The second kappa shape index (κ2) is 11.1. The minimum absolute atomic E-state index is 0.0911. The zero-order chi connectivity index (χ0) is 25.1. The fourth-order valence-electron chi connectivity index (χ4n) is 5.52. The van der Waals surface area contributed by atoms with Crippen molar-refractivity contribution in [3.63, 3.8) is 0 Å². The Morgan fingerprint density at radius 2 is 1.75 bits per heavy atom. The van der Waals surface area contributed by atoms with Gasteiger partial charge in [0.2, 0.25) is 0 Å². The third-order valence-electron chi connectivity index (χ3n) is 7.57. The molecule has 2 heterocycles. The van der Waals surface area contributed by atoms with Crippen LogP contribution in [0.2, 0.25) is 0 Å². The molecular formula is C28H37N5O2S. The zero-order valence-corrected chi connectivity index (χ0v) is 21.9. The first-order chi connectivity index (χ1) is 17.5. The maximum absolute atomic E-state index is 9.79. The normalized spacial score (nSPS) is 18.5. The highest BCUT2D eigenvalue weighted by Crippen LogP contribution is 2.32. The number of benzene rings is 2. The quantitative estimate of drug-likeness (QED) is 0.394. The molecule has 5 rings (SSSR count). The summed E-state index contributed by atoms with van der Waals surface area (Å²) in [6.45, 7) is 9.88. The van der Waals surface area contributed by atoms with Gasteiger partial charge < -0.3 is 20.8 Å². The maximum Gasteiger partial charge on any atom is 0.180 e. The summed E-state index contributed by atoms with van der Waals surface area (Å²) in [5, 5.41) is 20.1. The lowest BCUT2D eigenvalue weighted by molar-refractivity contribution is 0.146. The molecule has 0 spiro atoms. The fourth-order valence-corrected chi connectivity index (χ4v) is 6.47. The van der Waals surface area contributed by atoms with Gasteiger partial charge in [-0.1, -0.05) is 25.1 Å². The van der Waals surface area contributed by atoms with Crippen LogP contribution in [0.25, 0.3) is 11.1 Å². The monoisotopic (exact) mass is 507 g/mol. The molecule has 36 heavy (non-hydrogen) atoms. The minimum Gasteiger partial charge on any atom is -0.504 e. The summed E-state index contributed by atoms with van der Waals surface area (Å²) in [4.78, 5) is 13.7. The molecule has 1 fully saturated rings. The molecule has 1 atom stereocenters. The van der Waals surface area contributed by atoms with Crippen LogP contribution in [0, 0.1) is 0 Å². The van der Waals surface area contributed by atoms with Crippen LogP contribution in [0.3, 0.4) is 0 Å². The first-order valence-corrected chi connectivity index (χ1v) is 13.9. The van der Waals surface area contributed by atoms with Gasteiger partial charge in [-0.15, -0.1) is 11.3 Å². The summed E-state index contributed by atoms with van der Waals surface area (Å²) in [7, 11) is 0. The summed E-state index contributed by atoms with van der Waals surface area (Å²) >= 11 is 1.68. The van der Waals surface area contributed by atoms with Gasteiger partial charge >= 0.3 is 0 Å². The van der Waals surface area contributed by atoms with Crippen molar-refractivity contribution in [1.29, 1.82) is 0 Å². The van der Waals surface area contributed by atoms with Gasteiger partial charge in [0, 0.05) is 55.9 Å². The number of fused-ring (bicyclic) bond motifs is 1. The van der Waals surface area contributed by atoms with Crippen molar-refractivity contribution in [2.24, 2.45) is 0 Å². The number of aromatic hydroxyl groups is 2. The minimum atomic E-state index is -0.0936. The van der Waals surface area contributed by atoms with E-state index in [1.54, 1.807) is 17.4 Å². The van der Waals surface area contributed by atoms with E-state index in [9.17, 15) is 10.2 Å². The highest BCUT2D eigenvalue weighted by Gasteiger charge is 2.27. The third-order valence-corrected chi connectivity index (χ3v) is 8.52. The number of aryl methyl sites for hydroxylation is 1. The van der Waals surface area contributed by atoms with Crippen molar-refractivity contribution in [2.75, 3.05) is 56.4 Å². The van der Waals surface area contributed by atoms with E-state index in [0.29, 0.717) is 6.04 Å². The van der Waals surface area contributed by atoms with Crippen LogP contribution in [0.4, 0.5) is 10.8 Å². The van der Waals surface area contributed by atoms with Gasteiger partial charge in [-0.05, 0) is 67.6 Å². The summed E-state index contributed by atoms with van der Waals surface area (Å²) in [5.41, 5.74) is 10.3. The van der Waals surface area contributed by atoms with E-state index in [-0.39, 0.29) is 11.5 Å². The van der Waals surface area contributed by atoms with Gasteiger partial charge in [0.05, 0.1) is 5.69 Å². The number of hydrogen-bond acceptors (Lipinski definition) is 8. The summed E-state index contributed by atoms with van der Waals surface area (Å²) in [6, 6.07) is 14.0. The standard InChI is InChI=1S/C28H37N5O2S/c1-2-11-32(23-8-9-24-27(19-23)36-28(29)30-24)15-12-31-13-16-33(17-14-31)22-6-3-20(4-7-22)21-5-10-25(34)26(35)18-21/h3-7,10,18,23,34-35H,2,8-9,11-17,19H2,1H3,(H2,29,30)/t23-/m0/s1. The van der Waals surface area contributed by atoms with Crippen LogP contribution >= 0.6 is 11.3 Å². The van der Waals surface area contributed by atoms with E-state index in [4.69, 9.17) is 5.73 Å². The summed E-state index contributed by atoms with van der Waals surface area (Å²) in [5.74, 6) is -0.185. The number of thiazole rings is 1. The maximum atomic E-state index is 9.79. The van der Waals surface area contributed by atoms with Crippen molar-refractivity contribution < 1.29 is 10.2 Å². The number of anilines is 2. The molecule has 0 radical (unpaired) electrons. The van der Waals surface area contributed by atoms with Crippen molar-refractivity contribution in [1.82, 2.24) is 14.8 Å². The highest BCUT2D eigenvalue weighted by molar-refractivity contribution is 7.15. The van der Waals surface area contributed by atoms with Gasteiger partial charge in [0.1, 0.15) is 0 Å². The number of nitrogen functional groups attached to an aromatic ring is 1. The number of nitrogens with zero attached hydrogens (tertiary/aromatic N) is 4. The molecule has 0 saturated carbocycles. The second-order valence-corrected chi connectivity index (χ2v) is 11.0. The Labute approximate surface area is 217 Å². The smallest absolute Gasteiger partial charge is 0.180 e. The Hall–Kier alpha value is -2.81. The van der Waals surface area contributed by atoms with E-state index < -0.39 is 0 Å². The topological polar surface area (TPSA) is 89.1 Å². The first-order valence-electron chi connectivity index (χ1n) is 13.1. The van der Waals surface area contributed by atoms with Crippen molar-refractivity contribution in [3.05, 3.63) is 53.0 Å². The molecule has 1 aromatic heterocycles. The molecular weight excluding hydrogens is 470 g/mol. The molecule has 0 bridgehead atoms. The summed E-state index contributed by atoms with van der Waals surface area (Å²) in [6.07, 6.45) is 4.52. The van der Waals surface area contributed by atoms with Gasteiger partial charge in [-0.3, -0.25) is 9.80 Å². The van der Waals surface area contributed by atoms with E-state index in [0.717, 1.165) is 74.9 Å². The SMILES string of the molecule is CCCN(CCN1CCN(c2ccc(-c3ccc(O)c(O)c3)cc2)CC1)[C@H]1CCc2nc(N)sc2C1. The molecule has 1 aliphatic carbocycles. The number of nitrogens with two attached hydrogens (primary N) is 1. The predicted molar refractivity (Wildman–Crippen MR) is 148 cm³/mol. The van der Waals surface area contributed by atoms with E-state index in [2.05, 4.69) is 50.9 Å². The van der Waals surface area contributed by atoms with Crippen molar-refractivity contribution >= 4 is 22.2 Å². The number of aromatic nitrogens is 1. The molecule has 2 aliphatic rings. The van der Waals surface area contributed by atoms with Gasteiger partial charge in [0.25, 0.3) is 0 Å². The highest BCUT2D eigenvalue weighted by atomic mass is 32.1. The Bertz CT molecular complexity index is 1160. The van der Waals surface area contributed by atoms with E-state index in [1.807, 2.05) is 6.07 Å². The number of hydrogen-bond donors (Lipinski definition) is 3. The zero-order valence-electron chi connectivity index (χ0n) is 21.1. The average molecular weight is 508 g/mol. The molecule has 0 unspecified atom stereocenters. The lowest BCUT2D eigenvalue weighted by Gasteiger charge is -2.39. The van der Waals surface area contributed by atoms with Crippen LogP contribution < -0.4 is 10.6 Å². The van der Waals surface area contributed by atoms with Crippen molar-refractivity contribution in [3.8, 4) is 22.6 Å². The van der Waals surface area contributed by atoms with Crippen LogP contribution in [-0.2, 0) is 12.8 Å². The molecule has 2 aromatic carbocycles. The number of phenols is 2. The van der Waals surface area contributed by atoms with Crippen LogP contribution in [0.15, 0.2) is 42.5 Å². The lowest BCUT2D eigenvalue weighted by atomic mass is 9.96. The Balaban J connectivity index is 1.12. The largest absolute Gasteiger partial charge is 0.504 e. The molecule has 192 valence electrons. The molecule has 1 aliphatic heterocycles. The Morgan fingerprint density at radius 3 is 2.47 bits per heavy atom. The molecule has 3 aromatic rings. The number of phenolic OH excluding ortho intramolecular Hbond substituents is 2. The third kappa shape index (κ3) is 5.61. The molecule has 1 saturated heterocycles. The number of rotatable bonds is 8. The number of piperazine rings is 1. The van der Waals surface area contributed by atoms with Crippen LogP contribution in [0.1, 0.15) is 30.3 Å². The van der Waals surface area contributed by atoms with Gasteiger partial charge in [-0.25, -0.2) is 4.98 Å². The van der Waals surface area contributed by atoms with Gasteiger partial charge in [0.15, 0.2) is 16.6 Å². The van der Waals surface area contributed by atoms with E-state index in [1.165, 1.54) is 35.2 Å². The van der Waals surface area contributed by atoms with E-state index >= 15 is 0 Å². The molecule has 8 heteroatoms. The molecule has 4 N–H and O–H groups in total.